The van der Waals surface area contributed by atoms with Crippen LogP contribution in [0.15, 0.2) is 0 Å². The number of hydrogen-bond acceptors (Lipinski definition) is 2. The van der Waals surface area contributed by atoms with Gasteiger partial charge >= 0.3 is 0 Å². The van der Waals surface area contributed by atoms with E-state index in [1.165, 1.54) is 0 Å². The first kappa shape index (κ1) is 12.4. The van der Waals surface area contributed by atoms with Gasteiger partial charge in [0.05, 0.1) is 0 Å². The Labute approximate surface area is 92.9 Å². The van der Waals surface area contributed by atoms with Gasteiger partial charge < -0.3 is 9.36 Å². The van der Waals surface area contributed by atoms with Gasteiger partial charge in [-0.1, -0.05) is 33.9 Å². The second kappa shape index (κ2) is 3.74. The van der Waals surface area contributed by atoms with Crippen molar-refractivity contribution in [2.24, 2.45) is 0 Å². The van der Waals surface area contributed by atoms with Gasteiger partial charge in [0.15, 0.2) is 8.24 Å². The van der Waals surface area contributed by atoms with Crippen molar-refractivity contribution in [3.8, 4) is 0 Å². The van der Waals surface area contributed by atoms with Gasteiger partial charge in [-0.15, -0.1) is 0 Å². The number of rotatable bonds is 3. The predicted octanol–water partition coefficient (Wildman–Crippen LogP) is 2.18. The van der Waals surface area contributed by atoms with Crippen LogP contribution in [0.5, 0.6) is 0 Å². The molecule has 0 spiro atoms. The predicted molar refractivity (Wildman–Crippen MR) is 63.1 cm³/mol. The Kier molecular flexibility index (Phi) is 3.10. The fourth-order valence-corrected chi connectivity index (χ4v) is 4.46. The maximum atomic E-state index is 11.7. The van der Waals surface area contributed by atoms with Crippen molar-refractivity contribution in [2.45, 2.75) is 57.8 Å². The fraction of sp³-hybridized carbons (Fsp3) is 0.818. The molecule has 0 aliphatic carbocycles. The lowest BCUT2D eigenvalue weighted by molar-refractivity contribution is -0.139. The van der Waals surface area contributed by atoms with Crippen LogP contribution in [0.1, 0.15) is 33.6 Å². The van der Waals surface area contributed by atoms with Crippen LogP contribution in [0.25, 0.3) is 0 Å². The maximum Gasteiger partial charge on any atom is 0.216 e. The van der Waals surface area contributed by atoms with Crippen molar-refractivity contribution in [1.29, 1.82) is 0 Å². The van der Waals surface area contributed by atoms with Crippen LogP contribution in [-0.2, 0) is 9.59 Å². The Balaban J connectivity index is 2.86. The fourth-order valence-electron chi connectivity index (χ4n) is 1.91. The summed E-state index contributed by atoms with van der Waals surface area (Å²) in [6.45, 7) is 11.0. The summed E-state index contributed by atoms with van der Waals surface area (Å²) in [6.07, 6.45) is 1.99. The molecule has 1 atom stereocenters. The van der Waals surface area contributed by atoms with E-state index in [1.54, 1.807) is 0 Å². The second-order valence-electron chi connectivity index (χ2n) is 5.83. The molecule has 0 N–H and O–H groups in total. The zero-order chi connectivity index (χ0) is 11.9. The van der Waals surface area contributed by atoms with Crippen molar-refractivity contribution < 1.29 is 9.59 Å². The Morgan fingerprint density at radius 3 is 2.33 bits per heavy atom. The number of aldehydes is 1. The molecule has 0 aromatic heterocycles. The monoisotopic (exact) mass is 227 g/mol. The smallest absolute Gasteiger partial charge is 0.216 e. The van der Waals surface area contributed by atoms with E-state index in [0.29, 0.717) is 12.8 Å². The molecule has 1 heterocycles. The summed E-state index contributed by atoms with van der Waals surface area (Å²) < 4.78 is 2.02. The summed E-state index contributed by atoms with van der Waals surface area (Å²) in [7, 11) is -1.76. The average molecular weight is 227 g/mol. The summed E-state index contributed by atoms with van der Waals surface area (Å²) in [5.41, 5.74) is 0. The van der Waals surface area contributed by atoms with Crippen molar-refractivity contribution >= 4 is 20.4 Å². The van der Waals surface area contributed by atoms with Crippen LogP contribution in [0.4, 0.5) is 0 Å². The zero-order valence-electron chi connectivity index (χ0n) is 10.3. The molecule has 1 aliphatic rings. The molecular weight excluding hydrogens is 206 g/mol. The van der Waals surface area contributed by atoms with Crippen LogP contribution >= 0.6 is 0 Å². The van der Waals surface area contributed by atoms with E-state index < -0.39 is 8.24 Å². The molecule has 1 amide bonds. The van der Waals surface area contributed by atoms with E-state index in [-0.39, 0.29) is 17.0 Å². The van der Waals surface area contributed by atoms with Gasteiger partial charge in [-0.3, -0.25) is 4.79 Å². The van der Waals surface area contributed by atoms with E-state index >= 15 is 0 Å². The van der Waals surface area contributed by atoms with E-state index in [4.69, 9.17) is 0 Å². The summed E-state index contributed by atoms with van der Waals surface area (Å²) in [5.74, 6) is 0.230. The normalized spacial score (nSPS) is 22.6. The third kappa shape index (κ3) is 2.00. The largest absolute Gasteiger partial charge is 0.366 e. The molecule has 3 nitrogen and oxygen atoms in total. The molecule has 1 saturated heterocycles. The lowest BCUT2D eigenvalue weighted by Crippen LogP contribution is -2.68. The molecule has 0 radical (unpaired) electrons. The van der Waals surface area contributed by atoms with Crippen molar-refractivity contribution in [1.82, 2.24) is 4.57 Å². The lowest BCUT2D eigenvalue weighted by Gasteiger charge is -2.54. The molecule has 0 aromatic carbocycles. The van der Waals surface area contributed by atoms with E-state index in [9.17, 15) is 9.59 Å². The molecule has 0 saturated carbocycles. The van der Waals surface area contributed by atoms with Crippen LogP contribution in [0.2, 0.25) is 18.1 Å². The van der Waals surface area contributed by atoms with Gasteiger partial charge in [-0.25, -0.2) is 0 Å². The van der Waals surface area contributed by atoms with Gasteiger partial charge in [0.2, 0.25) is 5.91 Å². The highest BCUT2D eigenvalue weighted by molar-refractivity contribution is 6.80. The highest BCUT2D eigenvalue weighted by Crippen LogP contribution is 2.43. The molecule has 1 aliphatic heterocycles. The standard InChI is InChI=1S/C11H21NO2Si/c1-11(2,3)15(4,5)12-9(6-7-13)8-10(12)14/h7,9H,6,8H2,1-5H3/t9-/m0/s1. The number of β-lactam (4-membered cyclic amide) rings is 1. The molecule has 1 fully saturated rings. The number of hydrogen-bond donors (Lipinski definition) is 0. The SMILES string of the molecule is CC(C)(C)[Si](C)(C)N1C(=O)C[C@@H]1CC=O. The summed E-state index contributed by atoms with van der Waals surface area (Å²) >= 11 is 0. The Bertz CT molecular complexity index is 279. The Morgan fingerprint density at radius 2 is 2.00 bits per heavy atom. The van der Waals surface area contributed by atoms with Crippen LogP contribution in [0.3, 0.4) is 0 Å². The van der Waals surface area contributed by atoms with Gasteiger partial charge in [0.1, 0.15) is 6.29 Å². The first-order chi connectivity index (χ1) is 6.71. The van der Waals surface area contributed by atoms with Crippen LogP contribution in [0, 0.1) is 0 Å². The number of carbonyl (C=O) groups excluding carboxylic acids is 2. The second-order valence-corrected chi connectivity index (χ2v) is 10.9. The molecule has 15 heavy (non-hydrogen) atoms. The minimum Gasteiger partial charge on any atom is -0.366 e. The molecule has 0 unspecified atom stereocenters. The van der Waals surface area contributed by atoms with Gasteiger partial charge in [0.25, 0.3) is 0 Å². The van der Waals surface area contributed by atoms with Crippen LogP contribution in [-0.4, -0.2) is 31.0 Å². The number of carbonyl (C=O) groups is 2. The molecule has 0 aromatic rings. The highest BCUT2D eigenvalue weighted by Gasteiger charge is 2.51. The summed E-state index contributed by atoms with van der Waals surface area (Å²) in [6, 6.07) is 0.177. The summed E-state index contributed by atoms with van der Waals surface area (Å²) in [5, 5.41) is 0.157. The molecule has 1 rings (SSSR count). The lowest BCUT2D eigenvalue weighted by atomic mass is 10.0. The minimum atomic E-state index is -1.76. The van der Waals surface area contributed by atoms with Crippen molar-refractivity contribution in [3.63, 3.8) is 0 Å². The third-order valence-corrected chi connectivity index (χ3v) is 9.34. The topological polar surface area (TPSA) is 37.4 Å². The minimum absolute atomic E-state index is 0.157. The first-order valence-corrected chi connectivity index (χ1v) is 8.42. The molecule has 0 bridgehead atoms. The molecule has 86 valence electrons. The maximum absolute atomic E-state index is 11.7. The Morgan fingerprint density at radius 1 is 1.47 bits per heavy atom. The van der Waals surface area contributed by atoms with E-state index in [2.05, 4.69) is 33.9 Å². The number of amides is 1. The van der Waals surface area contributed by atoms with Crippen LogP contribution < -0.4 is 0 Å². The van der Waals surface area contributed by atoms with E-state index in [1.807, 2.05) is 4.57 Å². The third-order valence-electron chi connectivity index (χ3n) is 3.85. The number of nitrogens with zero attached hydrogens (tertiary/aromatic N) is 1. The van der Waals surface area contributed by atoms with Gasteiger partial charge in [0, 0.05) is 18.9 Å². The zero-order valence-corrected chi connectivity index (χ0v) is 11.3. The highest BCUT2D eigenvalue weighted by atomic mass is 28.3. The first-order valence-electron chi connectivity index (χ1n) is 5.47. The van der Waals surface area contributed by atoms with E-state index in [0.717, 1.165) is 6.29 Å². The molecular formula is C11H21NO2Si. The Hall–Kier alpha value is -0.643. The van der Waals surface area contributed by atoms with Gasteiger partial charge in [-0.2, -0.15) is 0 Å². The quantitative estimate of drug-likeness (QED) is 0.421. The van der Waals surface area contributed by atoms with Gasteiger partial charge in [-0.05, 0) is 5.04 Å². The average Bonchev–Trinajstić information content (AvgIpc) is 2.00. The van der Waals surface area contributed by atoms with Crippen molar-refractivity contribution in [3.05, 3.63) is 0 Å². The van der Waals surface area contributed by atoms with Crippen molar-refractivity contribution in [2.75, 3.05) is 0 Å². The summed E-state index contributed by atoms with van der Waals surface area (Å²) in [4.78, 5) is 22.2. The molecule has 4 heteroatoms.